The topological polar surface area (TPSA) is 74.8 Å². The molecular formula is C21H28N2O4. The highest BCUT2D eigenvalue weighted by Gasteiger charge is 2.51. The number of pyridine rings is 1. The van der Waals surface area contributed by atoms with Crippen molar-refractivity contribution in [3.05, 3.63) is 46.2 Å². The molecule has 4 rings (SSSR count). The van der Waals surface area contributed by atoms with E-state index in [0.29, 0.717) is 13.2 Å². The van der Waals surface area contributed by atoms with E-state index < -0.39 is 0 Å². The monoisotopic (exact) mass is 372 g/mol. The summed E-state index contributed by atoms with van der Waals surface area (Å²) >= 11 is 0. The fourth-order valence-electron chi connectivity index (χ4n) is 4.87. The number of aliphatic hydroxyl groups excluding tert-OH is 1. The Bertz CT molecular complexity index is 851. The summed E-state index contributed by atoms with van der Waals surface area (Å²) in [4.78, 5) is 18.3. The highest BCUT2D eigenvalue weighted by molar-refractivity contribution is 5.78. The molecule has 1 aromatic heterocycles. The van der Waals surface area contributed by atoms with Crippen molar-refractivity contribution < 1.29 is 14.6 Å². The average molecular weight is 372 g/mol. The van der Waals surface area contributed by atoms with Crippen molar-refractivity contribution in [2.24, 2.45) is 0 Å². The van der Waals surface area contributed by atoms with Crippen molar-refractivity contribution >= 4 is 10.9 Å². The highest BCUT2D eigenvalue weighted by Crippen LogP contribution is 2.43. The molecule has 6 heteroatoms. The predicted molar refractivity (Wildman–Crippen MR) is 104 cm³/mol. The fourth-order valence-corrected chi connectivity index (χ4v) is 4.87. The number of rotatable bonds is 6. The third-order valence-electron chi connectivity index (χ3n) is 6.26. The van der Waals surface area contributed by atoms with Crippen LogP contribution in [0.25, 0.3) is 10.9 Å². The summed E-state index contributed by atoms with van der Waals surface area (Å²) in [7, 11) is 1.81. The minimum Gasteiger partial charge on any atom is -0.394 e. The Kier molecular flexibility index (Phi) is 5.32. The first-order valence-electron chi connectivity index (χ1n) is 9.78. The van der Waals surface area contributed by atoms with Crippen molar-refractivity contribution in [3.8, 4) is 0 Å². The molecule has 27 heavy (non-hydrogen) atoms. The Labute approximate surface area is 159 Å². The van der Waals surface area contributed by atoms with Gasteiger partial charge in [0.15, 0.2) is 5.43 Å². The summed E-state index contributed by atoms with van der Waals surface area (Å²) < 4.78 is 11.8. The molecule has 1 aromatic carbocycles. The number of ether oxygens (including phenoxy) is 2. The molecule has 0 spiro atoms. The second-order valence-electron chi connectivity index (χ2n) is 7.70. The van der Waals surface area contributed by atoms with E-state index in [-0.39, 0.29) is 29.8 Å². The van der Waals surface area contributed by atoms with Crippen LogP contribution in [0.2, 0.25) is 0 Å². The van der Waals surface area contributed by atoms with Gasteiger partial charge in [-0.3, -0.25) is 9.69 Å². The Morgan fingerprint density at radius 2 is 2.19 bits per heavy atom. The summed E-state index contributed by atoms with van der Waals surface area (Å²) in [5.41, 5.74) is 1.74. The third kappa shape index (κ3) is 3.55. The van der Waals surface area contributed by atoms with Crippen LogP contribution in [0, 0.1) is 0 Å². The molecule has 2 heterocycles. The van der Waals surface area contributed by atoms with E-state index in [9.17, 15) is 4.79 Å². The zero-order valence-electron chi connectivity index (χ0n) is 15.8. The number of aromatic nitrogens is 1. The van der Waals surface area contributed by atoms with Crippen LogP contribution in [0.3, 0.4) is 0 Å². The van der Waals surface area contributed by atoms with E-state index in [1.807, 2.05) is 31.4 Å². The molecule has 1 saturated heterocycles. The van der Waals surface area contributed by atoms with Crippen LogP contribution in [0.4, 0.5) is 0 Å². The lowest BCUT2D eigenvalue weighted by Crippen LogP contribution is -2.51. The zero-order chi connectivity index (χ0) is 18.9. The molecular weight excluding hydrogens is 344 g/mol. The lowest BCUT2D eigenvalue weighted by atomic mass is 9.79. The van der Waals surface area contributed by atoms with Crippen LogP contribution in [0.15, 0.2) is 35.1 Å². The molecule has 1 aliphatic carbocycles. The summed E-state index contributed by atoms with van der Waals surface area (Å²) in [5.74, 6) is 0. The number of aliphatic hydroxyl groups is 1. The number of methoxy groups -OCH3 is 1. The van der Waals surface area contributed by atoms with E-state index in [1.54, 1.807) is 6.07 Å². The van der Waals surface area contributed by atoms with Crippen molar-refractivity contribution in [2.45, 2.75) is 50.0 Å². The number of nitrogens with zero attached hydrogens (tertiary/aromatic N) is 1. The SMILES string of the molecule is CO[C@@]12CC[C@H](OCCO)C[C@@H]1N(Cc1cc(=O)c3ccccc3[nH]1)CC2. The number of fused-ring (bicyclic) bond motifs is 2. The Morgan fingerprint density at radius 3 is 3.00 bits per heavy atom. The molecule has 2 N–H and O–H groups in total. The second kappa shape index (κ2) is 7.72. The van der Waals surface area contributed by atoms with Crippen LogP contribution in [-0.2, 0) is 16.0 Å². The Balaban J connectivity index is 1.55. The summed E-state index contributed by atoms with van der Waals surface area (Å²) in [6, 6.07) is 9.61. The van der Waals surface area contributed by atoms with Gasteiger partial charge in [0.1, 0.15) is 0 Å². The van der Waals surface area contributed by atoms with E-state index in [2.05, 4.69) is 9.88 Å². The first kappa shape index (κ1) is 18.6. The van der Waals surface area contributed by atoms with E-state index in [0.717, 1.165) is 48.8 Å². The molecule has 146 valence electrons. The molecule has 1 aliphatic heterocycles. The standard InChI is InChI=1S/C21H28N2O4/c1-26-21-7-6-16(27-11-10-24)13-20(21)23(9-8-21)14-15-12-19(25)17-4-2-3-5-18(17)22-15/h2-5,12,16,20,24H,6-11,13-14H2,1H3,(H,22,25)/t16-,20-,21+/m0/s1. The Morgan fingerprint density at radius 1 is 1.33 bits per heavy atom. The van der Waals surface area contributed by atoms with Crippen LogP contribution >= 0.6 is 0 Å². The van der Waals surface area contributed by atoms with Crippen LogP contribution < -0.4 is 5.43 Å². The lowest BCUT2D eigenvalue weighted by Gasteiger charge is -2.43. The summed E-state index contributed by atoms with van der Waals surface area (Å²) in [6.45, 7) is 2.08. The van der Waals surface area contributed by atoms with Gasteiger partial charge in [-0.1, -0.05) is 12.1 Å². The van der Waals surface area contributed by atoms with Crippen molar-refractivity contribution in [3.63, 3.8) is 0 Å². The average Bonchev–Trinajstić information content (AvgIpc) is 3.05. The number of H-pyrrole nitrogens is 1. The van der Waals surface area contributed by atoms with Crippen molar-refractivity contribution in [1.29, 1.82) is 0 Å². The van der Waals surface area contributed by atoms with Gasteiger partial charge >= 0.3 is 0 Å². The number of likely N-dealkylation sites (tertiary alicyclic amines) is 1. The van der Waals surface area contributed by atoms with Gasteiger partial charge in [0.2, 0.25) is 0 Å². The molecule has 3 atom stereocenters. The van der Waals surface area contributed by atoms with Gasteiger partial charge in [-0.15, -0.1) is 0 Å². The third-order valence-corrected chi connectivity index (χ3v) is 6.26. The minimum atomic E-state index is -0.129. The van der Waals surface area contributed by atoms with Crippen molar-refractivity contribution in [2.75, 3.05) is 26.9 Å². The normalized spacial score (nSPS) is 28.5. The molecule has 2 fully saturated rings. The van der Waals surface area contributed by atoms with Gasteiger partial charge < -0.3 is 19.6 Å². The smallest absolute Gasteiger partial charge is 0.189 e. The quantitative estimate of drug-likeness (QED) is 0.812. The molecule has 0 bridgehead atoms. The maximum atomic E-state index is 12.4. The van der Waals surface area contributed by atoms with Gasteiger partial charge in [-0.25, -0.2) is 0 Å². The molecule has 0 amide bonds. The lowest BCUT2D eigenvalue weighted by molar-refractivity contribution is -0.104. The zero-order valence-corrected chi connectivity index (χ0v) is 15.8. The van der Waals surface area contributed by atoms with Crippen LogP contribution in [0.1, 0.15) is 31.4 Å². The van der Waals surface area contributed by atoms with Gasteiger partial charge in [-0.05, 0) is 37.8 Å². The fraction of sp³-hybridized carbons (Fsp3) is 0.571. The van der Waals surface area contributed by atoms with E-state index >= 15 is 0 Å². The molecule has 2 aliphatic rings. The van der Waals surface area contributed by atoms with E-state index in [1.165, 1.54) is 0 Å². The predicted octanol–water partition coefficient (Wildman–Crippen LogP) is 2.05. The second-order valence-corrected chi connectivity index (χ2v) is 7.70. The molecule has 2 aromatic rings. The largest absolute Gasteiger partial charge is 0.394 e. The molecule has 6 nitrogen and oxygen atoms in total. The molecule has 0 unspecified atom stereocenters. The van der Waals surface area contributed by atoms with Gasteiger partial charge in [0.25, 0.3) is 0 Å². The highest BCUT2D eigenvalue weighted by atomic mass is 16.5. The van der Waals surface area contributed by atoms with Crippen LogP contribution in [0.5, 0.6) is 0 Å². The van der Waals surface area contributed by atoms with Gasteiger partial charge in [-0.2, -0.15) is 0 Å². The van der Waals surface area contributed by atoms with E-state index in [4.69, 9.17) is 14.6 Å². The summed E-state index contributed by atoms with van der Waals surface area (Å²) in [6.07, 6.45) is 3.98. The van der Waals surface area contributed by atoms with Crippen molar-refractivity contribution in [1.82, 2.24) is 9.88 Å². The number of para-hydroxylation sites is 1. The maximum Gasteiger partial charge on any atom is 0.189 e. The van der Waals surface area contributed by atoms with Crippen LogP contribution in [-0.4, -0.2) is 59.6 Å². The minimum absolute atomic E-state index is 0.0542. The van der Waals surface area contributed by atoms with Gasteiger partial charge in [0.05, 0.1) is 24.9 Å². The first-order chi connectivity index (χ1) is 13.1. The maximum absolute atomic E-state index is 12.4. The Hall–Kier alpha value is -1.73. The number of benzene rings is 1. The van der Waals surface area contributed by atoms with Gasteiger partial charge in [0, 0.05) is 48.9 Å². The number of aromatic amines is 1. The first-order valence-corrected chi connectivity index (χ1v) is 9.78. The number of hydrogen-bond acceptors (Lipinski definition) is 5. The molecule has 1 saturated carbocycles. The molecule has 0 radical (unpaired) electrons. The summed E-state index contributed by atoms with van der Waals surface area (Å²) in [5, 5.41) is 9.77. The number of hydrogen-bond donors (Lipinski definition) is 2. The number of nitrogens with one attached hydrogen (secondary N) is 1.